The molecule has 0 aliphatic heterocycles. The molecule has 0 radical (unpaired) electrons. The molecule has 0 fully saturated rings. The molecule has 0 amide bonds. The van der Waals surface area contributed by atoms with E-state index < -0.39 is 23.5 Å². The fourth-order valence-electron chi connectivity index (χ4n) is 1.30. The Morgan fingerprint density at radius 2 is 0.611 bits per heavy atom. The summed E-state index contributed by atoms with van der Waals surface area (Å²) in [4.78, 5) is 21.8. The molecular formula is C8H4N6O4. The van der Waals surface area contributed by atoms with Crippen LogP contribution in [-0.2, 0) is 0 Å². The number of hydrogen-bond donors (Lipinski definition) is 4. The minimum Gasteiger partial charge on any atom is -0.489 e. The Kier molecular flexibility index (Phi) is 1.82. The van der Waals surface area contributed by atoms with Crippen LogP contribution in [0.4, 0.5) is 0 Å². The fourth-order valence-corrected chi connectivity index (χ4v) is 1.30. The summed E-state index contributed by atoms with van der Waals surface area (Å²) in [6.07, 6.45) is 0. The highest BCUT2D eigenvalue weighted by atomic mass is 16.3. The lowest BCUT2D eigenvalue weighted by Gasteiger charge is -2.01. The number of rotatable bonds is 0. The van der Waals surface area contributed by atoms with E-state index in [1.54, 1.807) is 0 Å². The van der Waals surface area contributed by atoms with Gasteiger partial charge < -0.3 is 20.4 Å². The molecule has 0 atom stereocenters. The van der Waals surface area contributed by atoms with Gasteiger partial charge in [-0.3, -0.25) is 0 Å². The highest BCUT2D eigenvalue weighted by Crippen LogP contribution is 2.24. The third-order valence-corrected chi connectivity index (χ3v) is 2.07. The molecule has 10 nitrogen and oxygen atoms in total. The molecule has 3 rings (SSSR count). The number of hydrogen-bond acceptors (Lipinski definition) is 10. The zero-order valence-corrected chi connectivity index (χ0v) is 8.47. The van der Waals surface area contributed by atoms with Gasteiger partial charge in [-0.15, -0.1) is 0 Å². The first-order valence-electron chi connectivity index (χ1n) is 4.58. The summed E-state index contributed by atoms with van der Waals surface area (Å²) in [6.45, 7) is 0. The SMILES string of the molecule is Oc1nc2nc3nc(O)c(O)nc3nc2nc1O. The quantitative estimate of drug-likeness (QED) is 0.370. The summed E-state index contributed by atoms with van der Waals surface area (Å²) < 4.78 is 0. The Labute approximate surface area is 97.3 Å². The fraction of sp³-hybridized carbons (Fsp3) is 0. The molecule has 0 saturated carbocycles. The number of fused-ring (bicyclic) bond motifs is 2. The average molecular weight is 248 g/mol. The Bertz CT molecular complexity index is 662. The van der Waals surface area contributed by atoms with Gasteiger partial charge in [0.15, 0.2) is 0 Å². The second-order valence-electron chi connectivity index (χ2n) is 3.26. The van der Waals surface area contributed by atoms with E-state index in [9.17, 15) is 20.4 Å². The van der Waals surface area contributed by atoms with E-state index in [2.05, 4.69) is 29.9 Å². The molecule has 0 aromatic carbocycles. The first-order chi connectivity index (χ1) is 8.54. The van der Waals surface area contributed by atoms with Crippen LogP contribution in [0, 0.1) is 0 Å². The predicted molar refractivity (Wildman–Crippen MR) is 54.9 cm³/mol. The molecule has 0 aliphatic rings. The van der Waals surface area contributed by atoms with Gasteiger partial charge in [0.05, 0.1) is 0 Å². The molecule has 0 aliphatic carbocycles. The zero-order chi connectivity index (χ0) is 12.9. The first-order valence-corrected chi connectivity index (χ1v) is 4.58. The maximum absolute atomic E-state index is 9.17. The van der Waals surface area contributed by atoms with Crippen molar-refractivity contribution in [3.8, 4) is 23.5 Å². The Morgan fingerprint density at radius 3 is 0.833 bits per heavy atom. The summed E-state index contributed by atoms with van der Waals surface area (Å²) in [5.41, 5.74) is -0.344. The largest absolute Gasteiger partial charge is 0.489 e. The van der Waals surface area contributed by atoms with Gasteiger partial charge in [-0.05, 0) is 0 Å². The van der Waals surface area contributed by atoms with Gasteiger partial charge in [0.1, 0.15) is 0 Å². The van der Waals surface area contributed by atoms with E-state index in [-0.39, 0.29) is 22.6 Å². The highest BCUT2D eigenvalue weighted by Gasteiger charge is 2.13. The van der Waals surface area contributed by atoms with Crippen molar-refractivity contribution in [1.82, 2.24) is 29.9 Å². The summed E-state index contributed by atoms with van der Waals surface area (Å²) in [7, 11) is 0. The Balaban J connectivity index is 2.43. The van der Waals surface area contributed by atoms with Crippen molar-refractivity contribution in [3.63, 3.8) is 0 Å². The second kappa shape index (κ2) is 3.23. The van der Waals surface area contributed by atoms with E-state index in [0.717, 1.165) is 0 Å². The maximum Gasteiger partial charge on any atom is 0.277 e. The maximum atomic E-state index is 9.17. The van der Waals surface area contributed by atoms with Gasteiger partial charge >= 0.3 is 0 Å². The van der Waals surface area contributed by atoms with Crippen LogP contribution in [0.25, 0.3) is 22.6 Å². The average Bonchev–Trinajstić information content (AvgIpc) is 2.31. The number of aromatic nitrogens is 6. The van der Waals surface area contributed by atoms with Gasteiger partial charge in [0.25, 0.3) is 23.5 Å². The van der Waals surface area contributed by atoms with Crippen LogP contribution in [-0.4, -0.2) is 50.3 Å². The van der Waals surface area contributed by atoms with Gasteiger partial charge in [0.2, 0.25) is 22.6 Å². The summed E-state index contributed by atoms with van der Waals surface area (Å²) in [5.74, 6) is -2.81. The minimum absolute atomic E-state index is 0.0859. The topological polar surface area (TPSA) is 158 Å². The first kappa shape index (κ1) is 10.1. The summed E-state index contributed by atoms with van der Waals surface area (Å²) in [6, 6.07) is 0. The Morgan fingerprint density at radius 1 is 0.389 bits per heavy atom. The third-order valence-electron chi connectivity index (χ3n) is 2.07. The lowest BCUT2D eigenvalue weighted by Crippen LogP contribution is -1.97. The van der Waals surface area contributed by atoms with E-state index in [4.69, 9.17) is 0 Å². The van der Waals surface area contributed by atoms with Crippen LogP contribution in [0.15, 0.2) is 0 Å². The molecule has 18 heavy (non-hydrogen) atoms. The third kappa shape index (κ3) is 1.36. The van der Waals surface area contributed by atoms with Crippen LogP contribution >= 0.6 is 0 Å². The molecule has 3 aromatic heterocycles. The molecule has 4 N–H and O–H groups in total. The van der Waals surface area contributed by atoms with Crippen LogP contribution in [0.5, 0.6) is 23.5 Å². The molecule has 0 saturated heterocycles. The molecule has 3 aromatic rings. The van der Waals surface area contributed by atoms with Crippen molar-refractivity contribution in [2.24, 2.45) is 0 Å². The molecule has 3 heterocycles. The van der Waals surface area contributed by atoms with Gasteiger partial charge in [-0.25, -0.2) is 9.97 Å². The van der Waals surface area contributed by atoms with Crippen LogP contribution in [0.1, 0.15) is 0 Å². The van der Waals surface area contributed by atoms with E-state index >= 15 is 0 Å². The smallest absolute Gasteiger partial charge is 0.277 e. The van der Waals surface area contributed by atoms with Gasteiger partial charge in [-0.1, -0.05) is 0 Å². The van der Waals surface area contributed by atoms with E-state index in [1.807, 2.05) is 0 Å². The number of nitrogens with zero attached hydrogens (tertiary/aromatic N) is 6. The zero-order valence-electron chi connectivity index (χ0n) is 8.47. The van der Waals surface area contributed by atoms with Crippen LogP contribution < -0.4 is 0 Å². The van der Waals surface area contributed by atoms with Crippen LogP contribution in [0.2, 0.25) is 0 Å². The van der Waals surface area contributed by atoms with Crippen molar-refractivity contribution in [1.29, 1.82) is 0 Å². The van der Waals surface area contributed by atoms with E-state index in [0.29, 0.717) is 0 Å². The molecule has 0 unspecified atom stereocenters. The van der Waals surface area contributed by atoms with Crippen molar-refractivity contribution in [3.05, 3.63) is 0 Å². The number of aromatic hydroxyl groups is 4. The monoisotopic (exact) mass is 248 g/mol. The van der Waals surface area contributed by atoms with Crippen molar-refractivity contribution < 1.29 is 20.4 Å². The van der Waals surface area contributed by atoms with Crippen LogP contribution in [0.3, 0.4) is 0 Å². The standard InChI is InChI=1S/C8H4N6O4/c15-5-6(16)12-2-1(11-5)9-3-4(10-2)14-8(18)7(17)13-3/h(H2,9,11,13,15,17)(H2,10,12,14,16,18). The summed E-state index contributed by atoms with van der Waals surface area (Å²) in [5, 5.41) is 36.7. The van der Waals surface area contributed by atoms with Crippen molar-refractivity contribution >= 4 is 22.6 Å². The minimum atomic E-state index is -0.702. The molecular weight excluding hydrogens is 244 g/mol. The molecule has 0 spiro atoms. The molecule has 10 heteroatoms. The highest BCUT2D eigenvalue weighted by molar-refractivity contribution is 5.78. The van der Waals surface area contributed by atoms with Crippen molar-refractivity contribution in [2.45, 2.75) is 0 Å². The Hall–Kier alpha value is -3.04. The predicted octanol–water partition coefficient (Wildman–Crippen LogP) is -0.815. The summed E-state index contributed by atoms with van der Waals surface area (Å²) >= 11 is 0. The van der Waals surface area contributed by atoms with E-state index in [1.165, 1.54) is 0 Å². The van der Waals surface area contributed by atoms with Gasteiger partial charge in [0, 0.05) is 0 Å². The van der Waals surface area contributed by atoms with Crippen molar-refractivity contribution in [2.75, 3.05) is 0 Å². The second-order valence-corrected chi connectivity index (χ2v) is 3.26. The lowest BCUT2D eigenvalue weighted by molar-refractivity contribution is 0.376. The molecule has 0 bridgehead atoms. The molecule has 90 valence electrons. The van der Waals surface area contributed by atoms with Gasteiger partial charge in [-0.2, -0.15) is 19.9 Å². The lowest BCUT2D eigenvalue weighted by atomic mass is 10.5. The normalized spacial score (nSPS) is 11.1.